The quantitative estimate of drug-likeness (QED) is 0.371. The Bertz CT molecular complexity index is 254. The predicted molar refractivity (Wildman–Crippen MR) is 44.6 cm³/mol. The van der Waals surface area contributed by atoms with Crippen LogP contribution in [0.15, 0.2) is 0 Å². The molecule has 0 N–H and O–H groups in total. The summed E-state index contributed by atoms with van der Waals surface area (Å²) in [6.07, 6.45) is 4.25. The number of alkyl halides is 1. The second-order valence-corrected chi connectivity index (χ2v) is 2.46. The molecule has 0 aliphatic heterocycles. The summed E-state index contributed by atoms with van der Waals surface area (Å²) >= 11 is 0. The van der Waals surface area contributed by atoms with Crippen molar-refractivity contribution in [1.29, 1.82) is 0 Å². The van der Waals surface area contributed by atoms with E-state index in [0.29, 0.717) is 0 Å². The number of carbonyl (C=O) groups is 2. The number of terminal acetylenes is 1. The highest BCUT2D eigenvalue weighted by Gasteiger charge is 2.44. The van der Waals surface area contributed by atoms with Crippen LogP contribution in [0.3, 0.4) is 0 Å². The lowest BCUT2D eigenvalue weighted by atomic mass is 9.98. The Labute approximate surface area is 76.3 Å². The Kier molecular flexibility index (Phi) is 4.12. The minimum absolute atomic E-state index is 0.0162. The number of halogens is 1. The van der Waals surface area contributed by atoms with Crippen LogP contribution in [-0.2, 0) is 14.3 Å². The molecule has 4 heteroatoms. The number of Topliss-reactive ketones (excluding diaryl/α,β-unsaturated/α-hetero) is 1. The first-order valence-electron chi connectivity index (χ1n) is 3.79. The van der Waals surface area contributed by atoms with Gasteiger partial charge in [-0.25, -0.2) is 9.18 Å². The molecule has 0 heterocycles. The summed E-state index contributed by atoms with van der Waals surface area (Å²) < 4.78 is 17.9. The van der Waals surface area contributed by atoms with Gasteiger partial charge < -0.3 is 4.74 Å². The molecule has 0 radical (unpaired) electrons. The third-order valence-electron chi connectivity index (χ3n) is 1.50. The van der Waals surface area contributed by atoms with Gasteiger partial charge in [-0.1, -0.05) is 0 Å². The molecule has 0 aromatic rings. The molecule has 1 atom stereocenters. The first-order valence-corrected chi connectivity index (χ1v) is 3.79. The molecule has 1 unspecified atom stereocenters. The zero-order valence-corrected chi connectivity index (χ0v) is 7.59. The van der Waals surface area contributed by atoms with Crippen LogP contribution in [0.4, 0.5) is 4.39 Å². The number of esters is 1. The Morgan fingerprint density at radius 1 is 1.62 bits per heavy atom. The molecular weight excluding hydrogens is 175 g/mol. The zero-order valence-electron chi connectivity index (χ0n) is 7.59. The highest BCUT2D eigenvalue weighted by Crippen LogP contribution is 2.19. The summed E-state index contributed by atoms with van der Waals surface area (Å²) in [5, 5.41) is 0. The number of rotatable bonds is 4. The molecule has 0 aromatic heterocycles. The summed E-state index contributed by atoms with van der Waals surface area (Å²) in [6, 6.07) is 0. The van der Waals surface area contributed by atoms with Crippen molar-refractivity contribution in [2.75, 3.05) is 6.61 Å². The van der Waals surface area contributed by atoms with Gasteiger partial charge in [-0.15, -0.1) is 12.3 Å². The average Bonchev–Trinajstić information content (AvgIpc) is 2.04. The van der Waals surface area contributed by atoms with Gasteiger partial charge in [0, 0.05) is 0 Å². The van der Waals surface area contributed by atoms with Crippen molar-refractivity contribution in [3.8, 4) is 12.3 Å². The summed E-state index contributed by atoms with van der Waals surface area (Å²) in [7, 11) is 0. The van der Waals surface area contributed by atoms with Gasteiger partial charge in [-0.3, -0.25) is 4.79 Å². The van der Waals surface area contributed by atoms with Crippen LogP contribution in [0.25, 0.3) is 0 Å². The van der Waals surface area contributed by atoms with E-state index in [1.165, 1.54) is 6.92 Å². The normalized spacial score (nSPS) is 14.0. The van der Waals surface area contributed by atoms with Gasteiger partial charge in [-0.2, -0.15) is 0 Å². The smallest absolute Gasteiger partial charge is 0.352 e. The lowest BCUT2D eigenvalue weighted by molar-refractivity contribution is -0.161. The molecule has 0 aromatic carbocycles. The van der Waals surface area contributed by atoms with Crippen molar-refractivity contribution in [1.82, 2.24) is 0 Å². The fraction of sp³-hybridized carbons (Fsp3) is 0.556. The van der Waals surface area contributed by atoms with E-state index in [1.54, 1.807) is 0 Å². The van der Waals surface area contributed by atoms with E-state index in [0.717, 1.165) is 6.92 Å². The van der Waals surface area contributed by atoms with Crippen LogP contribution in [0.1, 0.15) is 20.3 Å². The van der Waals surface area contributed by atoms with Crippen molar-refractivity contribution >= 4 is 11.8 Å². The number of ketones is 1. The highest BCUT2D eigenvalue weighted by atomic mass is 19.1. The van der Waals surface area contributed by atoms with Gasteiger partial charge in [0.1, 0.15) is 0 Å². The minimum atomic E-state index is -2.68. The van der Waals surface area contributed by atoms with Crippen LogP contribution in [-0.4, -0.2) is 24.0 Å². The van der Waals surface area contributed by atoms with Gasteiger partial charge in [0.05, 0.1) is 13.0 Å². The van der Waals surface area contributed by atoms with Crippen LogP contribution >= 0.6 is 0 Å². The molecule has 0 spiro atoms. The van der Waals surface area contributed by atoms with Crippen LogP contribution in [0.5, 0.6) is 0 Å². The fourth-order valence-electron chi connectivity index (χ4n) is 0.726. The second-order valence-electron chi connectivity index (χ2n) is 2.46. The van der Waals surface area contributed by atoms with Crippen molar-refractivity contribution in [2.24, 2.45) is 0 Å². The van der Waals surface area contributed by atoms with E-state index in [1.807, 2.05) is 5.92 Å². The standard InChI is InChI=1S/C9H11FO3/c1-4-6-9(10,7(3)11)8(12)13-5-2/h1H,5-6H2,2-3H3. The molecule has 72 valence electrons. The Hall–Kier alpha value is -1.37. The highest BCUT2D eigenvalue weighted by molar-refractivity contribution is 6.06. The Morgan fingerprint density at radius 3 is 2.46 bits per heavy atom. The van der Waals surface area contributed by atoms with E-state index >= 15 is 0 Å². The maximum Gasteiger partial charge on any atom is 0.352 e. The molecule has 0 saturated heterocycles. The van der Waals surface area contributed by atoms with Gasteiger partial charge in [0.15, 0.2) is 5.78 Å². The molecule has 0 fully saturated rings. The van der Waals surface area contributed by atoms with Crippen molar-refractivity contribution in [2.45, 2.75) is 25.9 Å². The molecule has 0 aliphatic carbocycles. The van der Waals surface area contributed by atoms with Gasteiger partial charge in [0.25, 0.3) is 5.67 Å². The molecule has 3 nitrogen and oxygen atoms in total. The summed E-state index contributed by atoms with van der Waals surface area (Å²) in [5.41, 5.74) is -2.68. The van der Waals surface area contributed by atoms with E-state index in [2.05, 4.69) is 4.74 Å². The fourth-order valence-corrected chi connectivity index (χ4v) is 0.726. The third kappa shape index (κ3) is 2.55. The molecule has 0 bridgehead atoms. The van der Waals surface area contributed by atoms with E-state index in [-0.39, 0.29) is 6.61 Å². The Morgan fingerprint density at radius 2 is 2.15 bits per heavy atom. The topological polar surface area (TPSA) is 43.4 Å². The molecular formula is C9H11FO3. The number of hydrogen-bond acceptors (Lipinski definition) is 3. The van der Waals surface area contributed by atoms with Crippen molar-refractivity contribution in [3.05, 3.63) is 0 Å². The van der Waals surface area contributed by atoms with E-state index in [4.69, 9.17) is 6.42 Å². The predicted octanol–water partition coefficient (Wildman–Crippen LogP) is 0.870. The molecule has 13 heavy (non-hydrogen) atoms. The first-order chi connectivity index (χ1) is 5.99. The van der Waals surface area contributed by atoms with E-state index in [9.17, 15) is 14.0 Å². The lowest BCUT2D eigenvalue weighted by Crippen LogP contribution is -2.42. The summed E-state index contributed by atoms with van der Waals surface area (Å²) in [6.45, 7) is 2.50. The van der Waals surface area contributed by atoms with Gasteiger partial charge in [-0.05, 0) is 13.8 Å². The lowest BCUT2D eigenvalue weighted by Gasteiger charge is -2.17. The largest absolute Gasteiger partial charge is 0.463 e. The van der Waals surface area contributed by atoms with Crippen LogP contribution in [0.2, 0.25) is 0 Å². The maximum absolute atomic E-state index is 13.5. The molecule has 0 aliphatic rings. The second kappa shape index (κ2) is 4.61. The molecule has 0 amide bonds. The third-order valence-corrected chi connectivity index (χ3v) is 1.50. The number of carbonyl (C=O) groups excluding carboxylic acids is 2. The SMILES string of the molecule is C#CCC(F)(C(C)=O)C(=O)OCC. The van der Waals surface area contributed by atoms with E-state index < -0.39 is 23.8 Å². The molecule has 0 rings (SSSR count). The Balaban J connectivity index is 4.70. The number of ether oxygens (including phenoxy) is 1. The van der Waals surface area contributed by atoms with Crippen LogP contribution < -0.4 is 0 Å². The van der Waals surface area contributed by atoms with Crippen molar-refractivity contribution in [3.63, 3.8) is 0 Å². The monoisotopic (exact) mass is 186 g/mol. The summed E-state index contributed by atoms with van der Waals surface area (Å²) in [4.78, 5) is 21.8. The maximum atomic E-state index is 13.5. The zero-order chi connectivity index (χ0) is 10.5. The molecule has 0 saturated carbocycles. The van der Waals surface area contributed by atoms with Gasteiger partial charge in [0.2, 0.25) is 0 Å². The van der Waals surface area contributed by atoms with Crippen LogP contribution in [0, 0.1) is 12.3 Å². The first kappa shape index (κ1) is 11.6. The number of hydrogen-bond donors (Lipinski definition) is 0. The minimum Gasteiger partial charge on any atom is -0.463 e. The average molecular weight is 186 g/mol. The van der Waals surface area contributed by atoms with Gasteiger partial charge >= 0.3 is 5.97 Å². The summed E-state index contributed by atoms with van der Waals surface area (Å²) in [5.74, 6) is -0.203. The van der Waals surface area contributed by atoms with Crippen molar-refractivity contribution < 1.29 is 18.7 Å².